The number of fused-ring (bicyclic) bond motifs is 3. The van der Waals surface area contributed by atoms with Gasteiger partial charge in [-0.25, -0.2) is 10.1 Å². The molecule has 3 atom stereocenters. The molecule has 0 amide bonds. The Morgan fingerprint density at radius 3 is 2.81 bits per heavy atom. The number of anilines is 1. The fraction of sp³-hybridized carbons (Fsp3) is 0.440. The van der Waals surface area contributed by atoms with Crippen molar-refractivity contribution in [2.24, 2.45) is 0 Å². The average Bonchev–Trinajstić information content (AvgIpc) is 3.48. The highest BCUT2D eigenvalue weighted by molar-refractivity contribution is 5.86. The van der Waals surface area contributed by atoms with Crippen LogP contribution in [-0.4, -0.2) is 36.2 Å². The Bertz CT molecular complexity index is 1210. The lowest BCUT2D eigenvalue weighted by Crippen LogP contribution is -2.22. The van der Waals surface area contributed by atoms with Gasteiger partial charge in [-0.1, -0.05) is 36.8 Å². The lowest BCUT2D eigenvalue weighted by atomic mass is 9.85. The van der Waals surface area contributed by atoms with E-state index in [9.17, 15) is 0 Å². The van der Waals surface area contributed by atoms with Crippen molar-refractivity contribution in [1.82, 2.24) is 30.2 Å². The molecule has 2 aromatic heterocycles. The monoisotopic (exact) mass is 427 g/mol. The highest BCUT2D eigenvalue weighted by atomic mass is 15.5. The van der Waals surface area contributed by atoms with Gasteiger partial charge < -0.3 is 9.88 Å². The molecule has 1 saturated carbocycles. The number of imidazole rings is 1. The summed E-state index contributed by atoms with van der Waals surface area (Å²) in [5.74, 6) is 2.45. The van der Waals surface area contributed by atoms with Crippen LogP contribution in [0.15, 0.2) is 42.5 Å². The van der Waals surface area contributed by atoms with Gasteiger partial charge in [-0.05, 0) is 67.2 Å². The third-order valence-corrected chi connectivity index (χ3v) is 7.23. The Balaban J connectivity index is 1.45. The molecule has 164 valence electrons. The Kier molecular flexibility index (Phi) is 4.89. The maximum Gasteiger partial charge on any atom is 0.151 e. The van der Waals surface area contributed by atoms with Crippen molar-refractivity contribution in [2.75, 3.05) is 5.32 Å². The Morgan fingerprint density at radius 2 is 1.97 bits per heavy atom. The van der Waals surface area contributed by atoms with E-state index in [4.69, 9.17) is 4.98 Å². The van der Waals surface area contributed by atoms with Gasteiger partial charge in [-0.2, -0.15) is 0 Å². The second-order valence-corrected chi connectivity index (χ2v) is 9.41. The zero-order valence-corrected chi connectivity index (χ0v) is 18.5. The van der Waals surface area contributed by atoms with Gasteiger partial charge in [0.2, 0.25) is 0 Å². The maximum absolute atomic E-state index is 5.28. The van der Waals surface area contributed by atoms with Gasteiger partial charge in [0.1, 0.15) is 5.82 Å². The number of aryl methyl sites for hydroxylation is 1. The predicted molar refractivity (Wildman–Crippen MR) is 125 cm³/mol. The van der Waals surface area contributed by atoms with E-state index in [1.807, 2.05) is 0 Å². The zero-order chi connectivity index (χ0) is 21.5. The number of nitrogens with one attached hydrogen (secondary N) is 2. The number of tetrazole rings is 1. The maximum atomic E-state index is 5.28. The third-order valence-electron chi connectivity index (χ3n) is 7.23. The first-order valence-corrected chi connectivity index (χ1v) is 11.8. The average molecular weight is 428 g/mol. The third kappa shape index (κ3) is 3.45. The molecule has 7 nitrogen and oxygen atoms in total. The van der Waals surface area contributed by atoms with Crippen molar-refractivity contribution in [3.8, 4) is 0 Å². The lowest BCUT2D eigenvalue weighted by Gasteiger charge is -2.30. The minimum absolute atomic E-state index is 0.367. The van der Waals surface area contributed by atoms with E-state index in [1.54, 1.807) is 0 Å². The summed E-state index contributed by atoms with van der Waals surface area (Å²) >= 11 is 0. The highest BCUT2D eigenvalue weighted by Gasteiger charge is 2.30. The van der Waals surface area contributed by atoms with E-state index in [2.05, 4.69) is 79.9 Å². The molecule has 2 aromatic carbocycles. The van der Waals surface area contributed by atoms with Crippen molar-refractivity contribution in [2.45, 2.75) is 69.9 Å². The van der Waals surface area contributed by atoms with Crippen LogP contribution in [0.25, 0.3) is 11.0 Å². The van der Waals surface area contributed by atoms with Crippen LogP contribution >= 0.6 is 0 Å². The number of aromatic nitrogens is 6. The van der Waals surface area contributed by atoms with Crippen molar-refractivity contribution >= 4 is 16.7 Å². The molecule has 0 saturated heterocycles. The molecule has 7 heteroatoms. The van der Waals surface area contributed by atoms with Gasteiger partial charge in [-0.15, -0.1) is 5.10 Å². The molecule has 0 unspecified atom stereocenters. The van der Waals surface area contributed by atoms with Crippen LogP contribution in [0.3, 0.4) is 0 Å². The number of rotatable bonds is 4. The van der Waals surface area contributed by atoms with E-state index in [-0.39, 0.29) is 0 Å². The van der Waals surface area contributed by atoms with Crippen LogP contribution in [0.5, 0.6) is 0 Å². The molecule has 0 spiro atoms. The van der Waals surface area contributed by atoms with Gasteiger partial charge >= 0.3 is 0 Å². The van der Waals surface area contributed by atoms with Crippen LogP contribution in [-0.2, 0) is 12.8 Å². The molecule has 32 heavy (non-hydrogen) atoms. The predicted octanol–water partition coefficient (Wildman–Crippen LogP) is 4.79. The number of benzene rings is 2. The van der Waals surface area contributed by atoms with Crippen molar-refractivity contribution in [3.05, 3.63) is 65.2 Å². The Labute approximate surface area is 187 Å². The second kappa shape index (κ2) is 8.04. The SMILES string of the molecule is C[C@H]1CCc2c(ccc3c2nc(Cc2ccccc2)n3[C@H]2CCC[C@H](c3nnn[nH]3)C2)N1. The molecule has 2 N–H and O–H groups in total. The number of hydrogen-bond acceptors (Lipinski definition) is 5. The van der Waals surface area contributed by atoms with Gasteiger partial charge in [0.05, 0.1) is 11.0 Å². The summed E-state index contributed by atoms with van der Waals surface area (Å²) in [5.41, 5.74) is 6.38. The standard InChI is InChI=1S/C25H29N7/c1-16-10-11-20-21(26-16)12-13-22-24(20)27-23(14-17-6-3-2-4-7-17)32(22)19-9-5-8-18(15-19)25-28-30-31-29-25/h2-4,6-7,12-13,16,18-19,26H,5,8-11,14-15H2,1H3,(H,28,29,30,31)/t16-,18-,19-/m0/s1. The minimum atomic E-state index is 0.367. The number of nitrogens with zero attached hydrogens (tertiary/aromatic N) is 5. The smallest absolute Gasteiger partial charge is 0.151 e. The topological polar surface area (TPSA) is 84.3 Å². The number of hydrogen-bond donors (Lipinski definition) is 2. The molecule has 2 aliphatic rings. The molecule has 3 heterocycles. The fourth-order valence-electron chi connectivity index (χ4n) is 5.65. The van der Waals surface area contributed by atoms with Crippen LogP contribution in [0.2, 0.25) is 0 Å². The minimum Gasteiger partial charge on any atom is -0.382 e. The van der Waals surface area contributed by atoms with Gasteiger partial charge in [0.25, 0.3) is 0 Å². The first kappa shape index (κ1) is 19.5. The van der Waals surface area contributed by atoms with Crippen molar-refractivity contribution in [3.63, 3.8) is 0 Å². The van der Waals surface area contributed by atoms with Crippen molar-refractivity contribution < 1.29 is 0 Å². The van der Waals surface area contributed by atoms with E-state index < -0.39 is 0 Å². The molecule has 1 fully saturated rings. The summed E-state index contributed by atoms with van der Waals surface area (Å²) in [6.45, 7) is 2.26. The molecule has 0 bridgehead atoms. The number of H-pyrrole nitrogens is 1. The van der Waals surface area contributed by atoms with Crippen LogP contribution in [0.1, 0.15) is 73.8 Å². The van der Waals surface area contributed by atoms with Crippen molar-refractivity contribution in [1.29, 1.82) is 0 Å². The highest BCUT2D eigenvalue weighted by Crippen LogP contribution is 2.41. The summed E-state index contributed by atoms with van der Waals surface area (Å²) in [4.78, 5) is 5.28. The first-order chi connectivity index (χ1) is 15.8. The van der Waals surface area contributed by atoms with Gasteiger partial charge in [-0.3, -0.25) is 0 Å². The molecule has 6 rings (SSSR count). The molecule has 1 aliphatic heterocycles. The molecule has 1 aliphatic carbocycles. The lowest BCUT2D eigenvalue weighted by molar-refractivity contribution is 0.312. The molecular formula is C25H29N7. The van der Waals surface area contributed by atoms with Crippen LogP contribution < -0.4 is 5.32 Å². The summed E-state index contributed by atoms with van der Waals surface area (Å²) in [7, 11) is 0. The van der Waals surface area contributed by atoms with E-state index in [1.165, 1.54) is 40.1 Å². The summed E-state index contributed by atoms with van der Waals surface area (Å²) in [6.07, 6.45) is 7.58. The second-order valence-electron chi connectivity index (χ2n) is 9.41. The van der Waals surface area contributed by atoms with Crippen LogP contribution in [0.4, 0.5) is 5.69 Å². The van der Waals surface area contributed by atoms with Gasteiger partial charge in [0.15, 0.2) is 5.82 Å². The Hall–Kier alpha value is -3.22. The van der Waals surface area contributed by atoms with E-state index in [0.29, 0.717) is 18.0 Å². The van der Waals surface area contributed by atoms with E-state index >= 15 is 0 Å². The Morgan fingerprint density at radius 1 is 1.06 bits per heavy atom. The van der Waals surface area contributed by atoms with Crippen LogP contribution in [0, 0.1) is 0 Å². The fourth-order valence-corrected chi connectivity index (χ4v) is 5.65. The number of aromatic amines is 1. The quantitative estimate of drug-likeness (QED) is 0.489. The summed E-state index contributed by atoms with van der Waals surface area (Å²) in [5, 5.41) is 18.5. The largest absolute Gasteiger partial charge is 0.382 e. The zero-order valence-electron chi connectivity index (χ0n) is 18.5. The van der Waals surface area contributed by atoms with Gasteiger partial charge in [0, 0.05) is 35.7 Å². The molecule has 4 aromatic rings. The molecular weight excluding hydrogens is 398 g/mol. The van der Waals surface area contributed by atoms with E-state index in [0.717, 1.165) is 44.3 Å². The summed E-state index contributed by atoms with van der Waals surface area (Å²) < 4.78 is 2.54. The summed E-state index contributed by atoms with van der Waals surface area (Å²) in [6, 6.07) is 16.2. The molecule has 0 radical (unpaired) electrons. The first-order valence-electron chi connectivity index (χ1n) is 11.8. The normalized spacial score (nSPS) is 23.1.